The predicted molar refractivity (Wildman–Crippen MR) is 70.9 cm³/mol. The molecule has 0 saturated carbocycles. The van der Waals surface area contributed by atoms with Gasteiger partial charge >= 0.3 is 0 Å². The minimum absolute atomic E-state index is 0.00341. The van der Waals surface area contributed by atoms with Crippen LogP contribution in [0.1, 0.15) is 19.8 Å². The Hall–Kier alpha value is -1.26. The number of carbonyl (C=O) groups is 1. The summed E-state index contributed by atoms with van der Waals surface area (Å²) in [6.45, 7) is 1.99. The Morgan fingerprint density at radius 3 is 2.67 bits per heavy atom. The number of halogens is 1. The molecule has 0 bridgehead atoms. The van der Waals surface area contributed by atoms with E-state index in [4.69, 9.17) is 21.4 Å². The Morgan fingerprint density at radius 2 is 2.11 bits per heavy atom. The molecule has 1 rings (SSSR count). The monoisotopic (exact) mass is 271 g/mol. The molecule has 0 fully saturated rings. The van der Waals surface area contributed by atoms with Crippen LogP contribution in [0.15, 0.2) is 24.3 Å². The minimum Gasteiger partial charge on any atom is -0.484 e. The van der Waals surface area contributed by atoms with E-state index in [-0.39, 0.29) is 25.2 Å². The summed E-state index contributed by atoms with van der Waals surface area (Å²) in [6.07, 6.45) is 1.34. The Labute approximate surface area is 112 Å². The second-order valence-electron chi connectivity index (χ2n) is 3.93. The average Bonchev–Trinajstić information content (AvgIpc) is 2.37. The summed E-state index contributed by atoms with van der Waals surface area (Å²) < 4.78 is 5.31. The van der Waals surface area contributed by atoms with Crippen LogP contribution in [0, 0.1) is 0 Å². The van der Waals surface area contributed by atoms with Gasteiger partial charge in [-0.2, -0.15) is 0 Å². The van der Waals surface area contributed by atoms with Gasteiger partial charge in [0.05, 0.1) is 0 Å². The van der Waals surface area contributed by atoms with Gasteiger partial charge in [0.1, 0.15) is 5.75 Å². The molecule has 1 unspecified atom stereocenters. The summed E-state index contributed by atoms with van der Waals surface area (Å²) in [4.78, 5) is 11.6. The SMILES string of the molecule is CCC(CCO)NC(=O)COc1ccc(Cl)cc1. The Balaban J connectivity index is 2.34. The van der Waals surface area contributed by atoms with E-state index in [1.807, 2.05) is 6.92 Å². The Kier molecular flexibility index (Phi) is 6.54. The fourth-order valence-corrected chi connectivity index (χ4v) is 1.61. The van der Waals surface area contributed by atoms with Gasteiger partial charge in [-0.05, 0) is 37.1 Å². The van der Waals surface area contributed by atoms with E-state index in [2.05, 4.69) is 5.32 Å². The van der Waals surface area contributed by atoms with Gasteiger partial charge in [-0.15, -0.1) is 0 Å². The maximum Gasteiger partial charge on any atom is 0.258 e. The summed E-state index contributed by atoms with van der Waals surface area (Å²) in [5.41, 5.74) is 0. The third-order valence-corrected chi connectivity index (χ3v) is 2.77. The molecular weight excluding hydrogens is 254 g/mol. The van der Waals surface area contributed by atoms with Crippen LogP contribution in [0.3, 0.4) is 0 Å². The van der Waals surface area contributed by atoms with Crippen LogP contribution < -0.4 is 10.1 Å². The zero-order chi connectivity index (χ0) is 13.4. The lowest BCUT2D eigenvalue weighted by Crippen LogP contribution is -2.38. The Morgan fingerprint density at radius 1 is 1.44 bits per heavy atom. The second kappa shape index (κ2) is 7.95. The van der Waals surface area contributed by atoms with Crippen molar-refractivity contribution in [3.8, 4) is 5.75 Å². The summed E-state index contributed by atoms with van der Waals surface area (Å²) in [5.74, 6) is 0.412. The van der Waals surface area contributed by atoms with Gasteiger partial charge in [-0.1, -0.05) is 18.5 Å². The molecule has 100 valence electrons. The highest BCUT2D eigenvalue weighted by molar-refractivity contribution is 6.30. The van der Waals surface area contributed by atoms with Gasteiger partial charge in [-0.25, -0.2) is 0 Å². The first kappa shape index (κ1) is 14.8. The first-order valence-electron chi connectivity index (χ1n) is 5.94. The molecule has 0 aliphatic carbocycles. The van der Waals surface area contributed by atoms with Crippen molar-refractivity contribution in [2.75, 3.05) is 13.2 Å². The summed E-state index contributed by atoms with van der Waals surface area (Å²) in [6, 6.07) is 6.82. The largest absolute Gasteiger partial charge is 0.484 e. The van der Waals surface area contributed by atoms with Crippen molar-refractivity contribution < 1.29 is 14.6 Å². The van der Waals surface area contributed by atoms with Crippen LogP contribution in [-0.2, 0) is 4.79 Å². The van der Waals surface area contributed by atoms with Crippen LogP contribution in [0.25, 0.3) is 0 Å². The molecule has 0 heterocycles. The number of amides is 1. The first-order chi connectivity index (χ1) is 8.65. The topological polar surface area (TPSA) is 58.6 Å². The van der Waals surface area contributed by atoms with E-state index >= 15 is 0 Å². The van der Waals surface area contributed by atoms with Crippen LogP contribution in [0.5, 0.6) is 5.75 Å². The van der Waals surface area contributed by atoms with Gasteiger partial charge in [0.2, 0.25) is 0 Å². The third-order valence-electron chi connectivity index (χ3n) is 2.52. The molecule has 0 radical (unpaired) electrons. The highest BCUT2D eigenvalue weighted by Gasteiger charge is 2.10. The molecule has 1 aromatic carbocycles. The smallest absolute Gasteiger partial charge is 0.258 e. The first-order valence-corrected chi connectivity index (χ1v) is 6.32. The van der Waals surface area contributed by atoms with E-state index < -0.39 is 0 Å². The number of ether oxygens (including phenoxy) is 1. The van der Waals surface area contributed by atoms with Crippen molar-refractivity contribution in [3.05, 3.63) is 29.3 Å². The lowest BCUT2D eigenvalue weighted by molar-refractivity contribution is -0.123. The highest BCUT2D eigenvalue weighted by atomic mass is 35.5. The molecule has 2 N–H and O–H groups in total. The lowest BCUT2D eigenvalue weighted by Gasteiger charge is -2.15. The fourth-order valence-electron chi connectivity index (χ4n) is 1.48. The van der Waals surface area contributed by atoms with Gasteiger partial charge < -0.3 is 15.2 Å². The van der Waals surface area contributed by atoms with Gasteiger partial charge in [-0.3, -0.25) is 4.79 Å². The standard InChI is InChI=1S/C13H18ClNO3/c1-2-11(7-8-16)15-13(17)9-18-12-5-3-10(14)4-6-12/h3-6,11,16H,2,7-9H2,1H3,(H,15,17). The number of hydrogen-bond acceptors (Lipinski definition) is 3. The van der Waals surface area contributed by atoms with Crippen LogP contribution in [0.4, 0.5) is 0 Å². The van der Waals surface area contributed by atoms with E-state index in [9.17, 15) is 4.79 Å². The molecule has 0 saturated heterocycles. The maximum absolute atomic E-state index is 11.6. The average molecular weight is 272 g/mol. The molecule has 5 heteroatoms. The van der Waals surface area contributed by atoms with Gasteiger partial charge in [0.15, 0.2) is 6.61 Å². The number of carbonyl (C=O) groups excluding carboxylic acids is 1. The van der Waals surface area contributed by atoms with Crippen LogP contribution in [-0.4, -0.2) is 30.3 Å². The second-order valence-corrected chi connectivity index (χ2v) is 4.36. The Bertz CT molecular complexity index is 367. The molecule has 1 aromatic rings. The zero-order valence-corrected chi connectivity index (χ0v) is 11.1. The number of nitrogens with one attached hydrogen (secondary N) is 1. The molecule has 0 aliphatic heterocycles. The normalized spacial score (nSPS) is 11.9. The number of rotatable bonds is 7. The summed E-state index contributed by atoms with van der Waals surface area (Å²) in [7, 11) is 0. The van der Waals surface area contributed by atoms with Crippen molar-refractivity contribution in [1.29, 1.82) is 0 Å². The molecule has 0 spiro atoms. The minimum atomic E-state index is -0.190. The number of aliphatic hydroxyl groups excluding tert-OH is 1. The number of benzene rings is 1. The molecule has 18 heavy (non-hydrogen) atoms. The summed E-state index contributed by atoms with van der Waals surface area (Å²) in [5, 5.41) is 12.2. The van der Waals surface area contributed by atoms with E-state index in [0.29, 0.717) is 17.2 Å². The van der Waals surface area contributed by atoms with Crippen LogP contribution in [0.2, 0.25) is 5.02 Å². The van der Waals surface area contributed by atoms with E-state index in [0.717, 1.165) is 6.42 Å². The molecule has 0 aliphatic rings. The van der Waals surface area contributed by atoms with Crippen molar-refractivity contribution in [1.82, 2.24) is 5.32 Å². The fraction of sp³-hybridized carbons (Fsp3) is 0.462. The quantitative estimate of drug-likeness (QED) is 0.797. The molecule has 0 aromatic heterocycles. The predicted octanol–water partition coefficient (Wildman–Crippen LogP) is 2.00. The van der Waals surface area contributed by atoms with Gasteiger partial charge in [0, 0.05) is 17.7 Å². The molecule has 4 nitrogen and oxygen atoms in total. The molecular formula is C13H18ClNO3. The van der Waals surface area contributed by atoms with E-state index in [1.165, 1.54) is 0 Å². The number of aliphatic hydroxyl groups is 1. The zero-order valence-electron chi connectivity index (χ0n) is 10.4. The summed E-state index contributed by atoms with van der Waals surface area (Å²) >= 11 is 5.74. The molecule has 1 amide bonds. The van der Waals surface area contributed by atoms with Crippen molar-refractivity contribution in [2.45, 2.75) is 25.8 Å². The lowest BCUT2D eigenvalue weighted by atomic mass is 10.1. The third kappa shape index (κ3) is 5.38. The number of hydrogen-bond donors (Lipinski definition) is 2. The molecule has 1 atom stereocenters. The van der Waals surface area contributed by atoms with E-state index in [1.54, 1.807) is 24.3 Å². The van der Waals surface area contributed by atoms with Crippen molar-refractivity contribution in [2.24, 2.45) is 0 Å². The maximum atomic E-state index is 11.6. The highest BCUT2D eigenvalue weighted by Crippen LogP contribution is 2.15. The van der Waals surface area contributed by atoms with Crippen LogP contribution >= 0.6 is 11.6 Å². The van der Waals surface area contributed by atoms with Crippen molar-refractivity contribution >= 4 is 17.5 Å². The van der Waals surface area contributed by atoms with Gasteiger partial charge in [0.25, 0.3) is 5.91 Å². The van der Waals surface area contributed by atoms with Crippen molar-refractivity contribution in [3.63, 3.8) is 0 Å².